The molecule has 24 heavy (non-hydrogen) atoms. The fourth-order valence-corrected chi connectivity index (χ4v) is 2.77. The molecule has 2 aromatic heterocycles. The SMILES string of the molecule is Cc1cc(Nc2nc(C(=O)NC3CC3)cc3occc23)ccc1Br. The highest BCUT2D eigenvalue weighted by Gasteiger charge is 2.25. The summed E-state index contributed by atoms with van der Waals surface area (Å²) in [6.07, 6.45) is 3.68. The van der Waals surface area contributed by atoms with E-state index in [-0.39, 0.29) is 11.9 Å². The first-order valence-electron chi connectivity index (χ1n) is 7.82. The van der Waals surface area contributed by atoms with Crippen LogP contribution in [-0.2, 0) is 0 Å². The van der Waals surface area contributed by atoms with Gasteiger partial charge in [0.05, 0.1) is 11.6 Å². The van der Waals surface area contributed by atoms with Crippen LogP contribution >= 0.6 is 15.9 Å². The Balaban J connectivity index is 1.70. The number of pyridine rings is 1. The molecule has 1 saturated carbocycles. The summed E-state index contributed by atoms with van der Waals surface area (Å²) < 4.78 is 6.53. The predicted octanol–water partition coefficient (Wildman–Crippen LogP) is 4.53. The second-order valence-corrected chi connectivity index (χ2v) is 6.88. The summed E-state index contributed by atoms with van der Waals surface area (Å²) in [7, 11) is 0. The Morgan fingerprint density at radius 1 is 1.29 bits per heavy atom. The molecule has 4 rings (SSSR count). The number of nitrogens with zero attached hydrogens (tertiary/aromatic N) is 1. The average Bonchev–Trinajstić information content (AvgIpc) is 3.23. The van der Waals surface area contributed by atoms with Crippen LogP contribution in [0.5, 0.6) is 0 Å². The smallest absolute Gasteiger partial charge is 0.270 e. The van der Waals surface area contributed by atoms with E-state index in [4.69, 9.17) is 4.42 Å². The standard InChI is InChI=1S/C18H16BrN3O2/c1-10-8-12(4-5-14(10)19)20-17-13-6-7-24-16(13)9-15(22-17)18(23)21-11-2-3-11/h4-9,11H,2-3H2,1H3,(H,20,22)(H,21,23). The molecule has 0 spiro atoms. The highest BCUT2D eigenvalue weighted by molar-refractivity contribution is 9.10. The minimum Gasteiger partial charge on any atom is -0.464 e. The van der Waals surface area contributed by atoms with Crippen molar-refractivity contribution in [1.82, 2.24) is 10.3 Å². The van der Waals surface area contributed by atoms with Crippen LogP contribution in [-0.4, -0.2) is 16.9 Å². The first kappa shape index (κ1) is 15.2. The number of nitrogens with one attached hydrogen (secondary N) is 2. The van der Waals surface area contributed by atoms with Gasteiger partial charge in [-0.1, -0.05) is 15.9 Å². The van der Waals surface area contributed by atoms with Gasteiger partial charge < -0.3 is 15.1 Å². The van der Waals surface area contributed by atoms with Crippen molar-refractivity contribution in [2.45, 2.75) is 25.8 Å². The van der Waals surface area contributed by atoms with Gasteiger partial charge in [0, 0.05) is 22.3 Å². The van der Waals surface area contributed by atoms with Crippen LogP contribution in [0.4, 0.5) is 11.5 Å². The molecular formula is C18H16BrN3O2. The Morgan fingerprint density at radius 2 is 2.12 bits per heavy atom. The number of furan rings is 1. The molecule has 0 atom stereocenters. The highest BCUT2D eigenvalue weighted by Crippen LogP contribution is 2.29. The molecule has 1 aliphatic rings. The highest BCUT2D eigenvalue weighted by atomic mass is 79.9. The van der Waals surface area contributed by atoms with Gasteiger partial charge in [-0.2, -0.15) is 0 Å². The number of carbonyl (C=O) groups excluding carboxylic acids is 1. The lowest BCUT2D eigenvalue weighted by molar-refractivity contribution is 0.0946. The summed E-state index contributed by atoms with van der Waals surface area (Å²) in [6, 6.07) is 9.78. The van der Waals surface area contributed by atoms with Crippen molar-refractivity contribution in [1.29, 1.82) is 0 Å². The van der Waals surface area contributed by atoms with E-state index < -0.39 is 0 Å². The van der Waals surface area contributed by atoms with Gasteiger partial charge >= 0.3 is 0 Å². The summed E-state index contributed by atoms with van der Waals surface area (Å²) in [5.41, 5.74) is 3.03. The topological polar surface area (TPSA) is 67.2 Å². The Kier molecular flexibility index (Phi) is 3.76. The number of aryl methyl sites for hydroxylation is 1. The minimum absolute atomic E-state index is 0.161. The molecule has 0 bridgehead atoms. The lowest BCUT2D eigenvalue weighted by atomic mass is 10.2. The third kappa shape index (κ3) is 3.01. The number of aromatic nitrogens is 1. The molecule has 5 nitrogen and oxygen atoms in total. The zero-order valence-electron chi connectivity index (χ0n) is 13.1. The molecule has 0 aliphatic heterocycles. The summed E-state index contributed by atoms with van der Waals surface area (Å²) in [5, 5.41) is 7.10. The van der Waals surface area contributed by atoms with E-state index in [2.05, 4.69) is 31.5 Å². The van der Waals surface area contributed by atoms with E-state index in [0.29, 0.717) is 17.1 Å². The summed E-state index contributed by atoms with van der Waals surface area (Å²) in [6.45, 7) is 2.02. The Bertz CT molecular complexity index is 931. The van der Waals surface area contributed by atoms with Crippen molar-refractivity contribution in [3.05, 3.63) is 52.3 Å². The monoisotopic (exact) mass is 385 g/mol. The van der Waals surface area contributed by atoms with Crippen molar-refractivity contribution in [3.8, 4) is 0 Å². The lowest BCUT2D eigenvalue weighted by Gasteiger charge is -2.10. The molecule has 1 fully saturated rings. The molecule has 1 aromatic carbocycles. The number of fused-ring (bicyclic) bond motifs is 1. The number of rotatable bonds is 4. The van der Waals surface area contributed by atoms with E-state index in [9.17, 15) is 4.79 Å². The summed E-state index contributed by atoms with van der Waals surface area (Å²) in [4.78, 5) is 16.8. The second-order valence-electron chi connectivity index (χ2n) is 6.03. The normalized spacial score (nSPS) is 13.9. The maximum Gasteiger partial charge on any atom is 0.270 e. The quantitative estimate of drug-likeness (QED) is 0.691. The molecule has 122 valence electrons. The Hall–Kier alpha value is -2.34. The summed E-state index contributed by atoms with van der Waals surface area (Å²) >= 11 is 3.50. The van der Waals surface area contributed by atoms with Crippen LogP contribution in [0.15, 0.2) is 45.5 Å². The molecular weight excluding hydrogens is 370 g/mol. The van der Waals surface area contributed by atoms with Gasteiger partial charge in [-0.25, -0.2) is 4.98 Å². The molecule has 1 amide bonds. The average molecular weight is 386 g/mol. The third-order valence-electron chi connectivity index (χ3n) is 4.02. The first-order chi connectivity index (χ1) is 11.6. The number of amides is 1. The van der Waals surface area contributed by atoms with Crippen LogP contribution in [0.1, 0.15) is 28.9 Å². The van der Waals surface area contributed by atoms with E-state index in [1.165, 1.54) is 0 Å². The number of hydrogen-bond donors (Lipinski definition) is 2. The van der Waals surface area contributed by atoms with Crippen molar-refractivity contribution < 1.29 is 9.21 Å². The van der Waals surface area contributed by atoms with Crippen molar-refractivity contribution in [3.63, 3.8) is 0 Å². The van der Waals surface area contributed by atoms with E-state index in [0.717, 1.165) is 34.0 Å². The molecule has 2 heterocycles. The zero-order valence-corrected chi connectivity index (χ0v) is 14.7. The number of benzene rings is 1. The summed E-state index contributed by atoms with van der Waals surface area (Å²) in [5.74, 6) is 0.453. The van der Waals surface area contributed by atoms with Crippen LogP contribution in [0.25, 0.3) is 11.0 Å². The van der Waals surface area contributed by atoms with Gasteiger partial charge in [0.1, 0.15) is 17.1 Å². The van der Waals surface area contributed by atoms with E-state index in [1.54, 1.807) is 12.3 Å². The first-order valence-corrected chi connectivity index (χ1v) is 8.62. The lowest BCUT2D eigenvalue weighted by Crippen LogP contribution is -2.26. The maximum absolute atomic E-state index is 12.3. The zero-order chi connectivity index (χ0) is 16.7. The van der Waals surface area contributed by atoms with Gasteiger partial charge in [-0.3, -0.25) is 4.79 Å². The Labute approximate surface area is 147 Å². The molecule has 3 aromatic rings. The molecule has 0 unspecified atom stereocenters. The number of halogens is 1. The maximum atomic E-state index is 12.3. The van der Waals surface area contributed by atoms with Crippen LogP contribution in [0, 0.1) is 6.92 Å². The molecule has 1 aliphatic carbocycles. The van der Waals surface area contributed by atoms with Gasteiger partial charge in [-0.05, 0) is 49.6 Å². The van der Waals surface area contributed by atoms with Crippen LogP contribution in [0.3, 0.4) is 0 Å². The van der Waals surface area contributed by atoms with Gasteiger partial charge in [-0.15, -0.1) is 0 Å². The molecule has 6 heteroatoms. The fourth-order valence-electron chi connectivity index (χ4n) is 2.52. The van der Waals surface area contributed by atoms with Gasteiger partial charge in [0.2, 0.25) is 0 Å². The van der Waals surface area contributed by atoms with Gasteiger partial charge in [0.15, 0.2) is 0 Å². The van der Waals surface area contributed by atoms with Crippen LogP contribution in [0.2, 0.25) is 0 Å². The minimum atomic E-state index is -0.161. The molecule has 0 saturated heterocycles. The number of anilines is 2. The third-order valence-corrected chi connectivity index (χ3v) is 4.91. The van der Waals surface area contributed by atoms with Gasteiger partial charge in [0.25, 0.3) is 5.91 Å². The van der Waals surface area contributed by atoms with Crippen LogP contribution < -0.4 is 10.6 Å². The Morgan fingerprint density at radius 3 is 2.88 bits per heavy atom. The van der Waals surface area contributed by atoms with Crippen molar-refractivity contribution >= 4 is 44.3 Å². The second kappa shape index (κ2) is 5.94. The van der Waals surface area contributed by atoms with Crippen molar-refractivity contribution in [2.24, 2.45) is 0 Å². The van der Waals surface area contributed by atoms with E-state index >= 15 is 0 Å². The largest absolute Gasteiger partial charge is 0.464 e. The van der Waals surface area contributed by atoms with Crippen molar-refractivity contribution in [2.75, 3.05) is 5.32 Å². The predicted molar refractivity (Wildman–Crippen MR) is 96.7 cm³/mol. The number of hydrogen-bond acceptors (Lipinski definition) is 4. The molecule has 2 N–H and O–H groups in total. The molecule has 0 radical (unpaired) electrons. The van der Waals surface area contributed by atoms with E-state index in [1.807, 2.05) is 31.2 Å². The number of carbonyl (C=O) groups is 1. The fraction of sp³-hybridized carbons (Fsp3) is 0.222.